The van der Waals surface area contributed by atoms with E-state index in [-0.39, 0.29) is 6.09 Å². The molecule has 0 atom stereocenters. The molecule has 20 heavy (non-hydrogen) atoms. The molecule has 4 nitrogen and oxygen atoms in total. The van der Waals surface area contributed by atoms with Crippen LogP contribution in [0.1, 0.15) is 37.5 Å². The van der Waals surface area contributed by atoms with Crippen molar-refractivity contribution in [3.8, 4) is 12.3 Å². The van der Waals surface area contributed by atoms with Gasteiger partial charge in [-0.15, -0.1) is 6.42 Å². The molecule has 0 radical (unpaired) electrons. The molecule has 2 rings (SSSR count). The fourth-order valence-electron chi connectivity index (χ4n) is 2.34. The van der Waals surface area contributed by atoms with Gasteiger partial charge in [0.15, 0.2) is 0 Å². The molecule has 0 aliphatic carbocycles. The van der Waals surface area contributed by atoms with Crippen LogP contribution in [-0.2, 0) is 17.7 Å². The minimum atomic E-state index is -0.489. The molecule has 1 aromatic carbocycles. The van der Waals surface area contributed by atoms with E-state index < -0.39 is 5.60 Å². The third-order valence-electron chi connectivity index (χ3n) is 3.16. The molecule has 1 aromatic rings. The Balaban J connectivity index is 2.22. The predicted octanol–water partition coefficient (Wildman–Crippen LogP) is 2.54. The summed E-state index contributed by atoms with van der Waals surface area (Å²) in [6, 6.07) is 3.69. The van der Waals surface area contributed by atoms with Gasteiger partial charge in [-0.05, 0) is 50.5 Å². The molecular formula is C16H20N2O2. The van der Waals surface area contributed by atoms with Crippen LogP contribution in [0.4, 0.5) is 10.5 Å². The van der Waals surface area contributed by atoms with E-state index in [4.69, 9.17) is 16.9 Å². The average molecular weight is 272 g/mol. The zero-order chi connectivity index (χ0) is 14.9. The second kappa shape index (κ2) is 5.09. The summed E-state index contributed by atoms with van der Waals surface area (Å²) in [5.41, 5.74) is 8.93. The van der Waals surface area contributed by atoms with Crippen LogP contribution in [0.3, 0.4) is 0 Å². The number of carbonyl (C=O) groups is 1. The van der Waals surface area contributed by atoms with E-state index >= 15 is 0 Å². The van der Waals surface area contributed by atoms with Gasteiger partial charge in [-0.2, -0.15) is 0 Å². The first-order chi connectivity index (χ1) is 9.30. The number of terminal acetylenes is 1. The normalized spacial score (nSPS) is 14.4. The average Bonchev–Trinajstić information content (AvgIpc) is 2.34. The number of nitrogen functional groups attached to an aromatic ring is 1. The molecule has 0 spiro atoms. The van der Waals surface area contributed by atoms with E-state index in [0.29, 0.717) is 18.8 Å². The lowest BCUT2D eigenvalue weighted by molar-refractivity contribution is 0.0224. The summed E-state index contributed by atoms with van der Waals surface area (Å²) in [7, 11) is 0. The Morgan fingerprint density at radius 2 is 2.15 bits per heavy atom. The first-order valence-electron chi connectivity index (χ1n) is 6.66. The van der Waals surface area contributed by atoms with Crippen molar-refractivity contribution in [1.82, 2.24) is 4.90 Å². The van der Waals surface area contributed by atoms with Crippen LogP contribution >= 0.6 is 0 Å². The van der Waals surface area contributed by atoms with Crippen molar-refractivity contribution >= 4 is 11.8 Å². The topological polar surface area (TPSA) is 55.6 Å². The minimum absolute atomic E-state index is 0.298. The van der Waals surface area contributed by atoms with Crippen molar-refractivity contribution in [2.45, 2.75) is 39.3 Å². The highest BCUT2D eigenvalue weighted by Gasteiger charge is 2.26. The summed E-state index contributed by atoms with van der Waals surface area (Å²) in [6.45, 7) is 6.68. The Bertz CT molecular complexity index is 579. The molecule has 106 valence electrons. The fourth-order valence-corrected chi connectivity index (χ4v) is 2.34. The number of benzene rings is 1. The summed E-state index contributed by atoms with van der Waals surface area (Å²) >= 11 is 0. The van der Waals surface area contributed by atoms with Gasteiger partial charge in [0.2, 0.25) is 0 Å². The molecular weight excluding hydrogens is 252 g/mol. The van der Waals surface area contributed by atoms with Crippen molar-refractivity contribution in [2.24, 2.45) is 0 Å². The van der Waals surface area contributed by atoms with Crippen molar-refractivity contribution in [3.05, 3.63) is 28.8 Å². The van der Waals surface area contributed by atoms with E-state index in [2.05, 4.69) is 5.92 Å². The second-order valence-corrected chi connectivity index (χ2v) is 6.00. The van der Waals surface area contributed by atoms with Crippen molar-refractivity contribution in [2.75, 3.05) is 12.3 Å². The van der Waals surface area contributed by atoms with E-state index in [1.54, 1.807) is 4.90 Å². The largest absolute Gasteiger partial charge is 0.444 e. The third kappa shape index (κ3) is 3.05. The number of anilines is 1. The molecule has 1 amide bonds. The smallest absolute Gasteiger partial charge is 0.410 e. The van der Waals surface area contributed by atoms with E-state index in [9.17, 15) is 4.79 Å². The van der Waals surface area contributed by atoms with Crippen LogP contribution in [0.5, 0.6) is 0 Å². The Morgan fingerprint density at radius 1 is 1.45 bits per heavy atom. The Morgan fingerprint density at radius 3 is 2.75 bits per heavy atom. The quantitative estimate of drug-likeness (QED) is 0.583. The van der Waals surface area contributed by atoms with Gasteiger partial charge in [0.25, 0.3) is 0 Å². The van der Waals surface area contributed by atoms with Crippen LogP contribution in [0.15, 0.2) is 12.1 Å². The number of carbonyl (C=O) groups excluding carboxylic acids is 1. The van der Waals surface area contributed by atoms with Gasteiger partial charge in [0, 0.05) is 24.3 Å². The molecule has 0 bridgehead atoms. The molecule has 2 N–H and O–H groups in total. The van der Waals surface area contributed by atoms with Crippen molar-refractivity contribution < 1.29 is 9.53 Å². The molecule has 0 aromatic heterocycles. The maximum absolute atomic E-state index is 12.1. The highest BCUT2D eigenvalue weighted by atomic mass is 16.6. The molecule has 1 aliphatic rings. The number of nitrogens with two attached hydrogens (primary N) is 1. The van der Waals surface area contributed by atoms with Gasteiger partial charge in [-0.3, -0.25) is 0 Å². The molecule has 4 heteroatoms. The monoisotopic (exact) mass is 272 g/mol. The van der Waals surface area contributed by atoms with Crippen molar-refractivity contribution in [1.29, 1.82) is 0 Å². The number of hydrogen-bond donors (Lipinski definition) is 1. The van der Waals surface area contributed by atoms with Gasteiger partial charge < -0.3 is 15.4 Å². The highest BCUT2D eigenvalue weighted by molar-refractivity contribution is 5.69. The van der Waals surface area contributed by atoms with Gasteiger partial charge in [-0.1, -0.05) is 5.92 Å². The molecule has 1 heterocycles. The third-order valence-corrected chi connectivity index (χ3v) is 3.16. The second-order valence-electron chi connectivity index (χ2n) is 6.00. The standard InChI is InChI=1S/C16H20N2O2/c1-5-11-8-13(17)9-12-10-18(7-6-14(11)12)15(19)20-16(2,3)4/h1,8-9H,6-7,10,17H2,2-4H3. The summed E-state index contributed by atoms with van der Waals surface area (Å²) in [5.74, 6) is 2.66. The number of fused-ring (bicyclic) bond motifs is 1. The van der Waals surface area contributed by atoms with Crippen LogP contribution in [0, 0.1) is 12.3 Å². The zero-order valence-electron chi connectivity index (χ0n) is 12.2. The van der Waals surface area contributed by atoms with Crippen molar-refractivity contribution in [3.63, 3.8) is 0 Å². The lowest BCUT2D eigenvalue weighted by atomic mass is 9.94. The molecule has 0 fully saturated rings. The molecule has 0 unspecified atom stereocenters. The van der Waals surface area contributed by atoms with Crippen LogP contribution in [0.2, 0.25) is 0 Å². The summed E-state index contributed by atoms with van der Waals surface area (Å²) in [6.07, 6.45) is 5.94. The van der Waals surface area contributed by atoms with Gasteiger partial charge in [-0.25, -0.2) is 4.79 Å². The first kappa shape index (κ1) is 14.3. The number of nitrogens with zero attached hydrogens (tertiary/aromatic N) is 1. The summed E-state index contributed by atoms with van der Waals surface area (Å²) < 4.78 is 5.39. The lowest BCUT2D eigenvalue weighted by Crippen LogP contribution is -2.40. The van der Waals surface area contributed by atoms with Crippen LogP contribution < -0.4 is 5.73 Å². The number of rotatable bonds is 0. The van der Waals surface area contributed by atoms with E-state index in [1.807, 2.05) is 32.9 Å². The number of hydrogen-bond acceptors (Lipinski definition) is 3. The molecule has 0 saturated carbocycles. The Hall–Kier alpha value is -2.15. The molecule has 0 saturated heterocycles. The van der Waals surface area contributed by atoms with Gasteiger partial charge in [0.05, 0.1) is 0 Å². The minimum Gasteiger partial charge on any atom is -0.444 e. The maximum atomic E-state index is 12.1. The Kier molecular flexibility index (Phi) is 3.63. The zero-order valence-corrected chi connectivity index (χ0v) is 12.2. The first-order valence-corrected chi connectivity index (χ1v) is 6.66. The number of amides is 1. The lowest BCUT2D eigenvalue weighted by Gasteiger charge is -2.31. The SMILES string of the molecule is C#Cc1cc(N)cc2c1CCN(C(=O)OC(C)(C)C)C2. The summed E-state index contributed by atoms with van der Waals surface area (Å²) in [4.78, 5) is 13.8. The summed E-state index contributed by atoms with van der Waals surface area (Å²) in [5, 5.41) is 0. The van der Waals surface area contributed by atoms with Crippen LogP contribution in [0.25, 0.3) is 0 Å². The van der Waals surface area contributed by atoms with Crippen LogP contribution in [-0.4, -0.2) is 23.1 Å². The van der Waals surface area contributed by atoms with Gasteiger partial charge >= 0.3 is 6.09 Å². The predicted molar refractivity (Wildman–Crippen MR) is 79.1 cm³/mol. The van der Waals surface area contributed by atoms with E-state index in [0.717, 1.165) is 23.1 Å². The fraction of sp³-hybridized carbons (Fsp3) is 0.438. The van der Waals surface area contributed by atoms with E-state index in [1.165, 1.54) is 0 Å². The molecule has 1 aliphatic heterocycles. The Labute approximate surface area is 119 Å². The maximum Gasteiger partial charge on any atom is 0.410 e. The highest BCUT2D eigenvalue weighted by Crippen LogP contribution is 2.26. The number of ether oxygens (including phenoxy) is 1. The van der Waals surface area contributed by atoms with Gasteiger partial charge in [0.1, 0.15) is 5.60 Å².